The minimum Gasteiger partial charge on any atom is -0.477 e. The first-order valence-corrected chi connectivity index (χ1v) is 3.15. The molecule has 0 bridgehead atoms. The van der Waals surface area contributed by atoms with Gasteiger partial charge in [0.2, 0.25) is 6.43 Å². The van der Waals surface area contributed by atoms with E-state index in [-0.39, 0.29) is 11.4 Å². The van der Waals surface area contributed by atoms with Crippen molar-refractivity contribution in [3.63, 3.8) is 0 Å². The molecule has 0 aromatic carbocycles. The van der Waals surface area contributed by atoms with Crippen molar-refractivity contribution in [3.05, 3.63) is 17.5 Å². The fourth-order valence-electron chi connectivity index (χ4n) is 0.735. The van der Waals surface area contributed by atoms with Crippen LogP contribution in [0.5, 0.6) is 0 Å². The van der Waals surface area contributed by atoms with E-state index in [9.17, 15) is 13.6 Å². The molecule has 1 aromatic heterocycles. The van der Waals surface area contributed by atoms with Gasteiger partial charge in [-0.3, -0.25) is 5.10 Å². The van der Waals surface area contributed by atoms with Crippen LogP contribution >= 0.6 is 0 Å². The second-order valence-corrected chi connectivity index (χ2v) is 2.17. The van der Waals surface area contributed by atoms with Crippen LogP contribution in [-0.4, -0.2) is 27.7 Å². The van der Waals surface area contributed by atoms with Crippen LogP contribution in [0.15, 0.2) is 6.07 Å². The fourth-order valence-corrected chi connectivity index (χ4v) is 0.735. The lowest BCUT2D eigenvalue weighted by Gasteiger charge is -1.90. The molecule has 0 aliphatic rings. The molecule has 1 aromatic rings. The van der Waals surface area contributed by atoms with E-state index in [0.29, 0.717) is 0 Å². The summed E-state index contributed by atoms with van der Waals surface area (Å²) >= 11 is 0. The van der Waals surface area contributed by atoms with Gasteiger partial charge in [-0.05, 0) is 6.07 Å². The van der Waals surface area contributed by atoms with E-state index in [1.54, 1.807) is 0 Å². The van der Waals surface area contributed by atoms with Gasteiger partial charge in [0.05, 0.1) is 12.1 Å². The van der Waals surface area contributed by atoms with Gasteiger partial charge in [-0.2, -0.15) is 5.10 Å². The predicted molar refractivity (Wildman–Crippen MR) is 35.3 cm³/mol. The largest absolute Gasteiger partial charge is 0.477 e. The van der Waals surface area contributed by atoms with Gasteiger partial charge in [0.15, 0.2) is 0 Å². The van der Waals surface area contributed by atoms with Crippen LogP contribution in [0, 0.1) is 0 Å². The Bertz CT molecular complexity index is 285. The lowest BCUT2D eigenvalue weighted by Crippen LogP contribution is -1.96. The number of aromatic nitrogens is 2. The molecule has 0 saturated heterocycles. The van der Waals surface area contributed by atoms with Crippen LogP contribution in [0.1, 0.15) is 16.2 Å². The highest BCUT2D eigenvalue weighted by molar-refractivity contribution is 5.85. The molecule has 1 rings (SSSR count). The first-order valence-electron chi connectivity index (χ1n) is 3.15. The molecule has 6 heteroatoms. The van der Waals surface area contributed by atoms with E-state index >= 15 is 0 Å². The maximum absolute atomic E-state index is 11.7. The number of carboxylic acid groups (broad SMARTS) is 1. The summed E-state index contributed by atoms with van der Waals surface area (Å²) in [4.78, 5) is 10.2. The van der Waals surface area contributed by atoms with Crippen LogP contribution in [0.4, 0.5) is 8.78 Å². The lowest BCUT2D eigenvalue weighted by molar-refractivity contribution is 0.0690. The third-order valence-corrected chi connectivity index (χ3v) is 1.22. The van der Waals surface area contributed by atoms with E-state index in [1.165, 1.54) is 0 Å². The van der Waals surface area contributed by atoms with E-state index in [0.717, 1.165) is 6.07 Å². The Labute approximate surface area is 66.2 Å². The number of rotatable bonds is 3. The molecular formula is C6H6F2N2O2. The van der Waals surface area contributed by atoms with Gasteiger partial charge in [0.1, 0.15) is 5.69 Å². The fraction of sp³-hybridized carbons (Fsp3) is 0.333. The molecule has 1 heterocycles. The number of aromatic amines is 1. The number of nitrogens with one attached hydrogen (secondary N) is 1. The normalized spacial score (nSPS) is 10.6. The van der Waals surface area contributed by atoms with Gasteiger partial charge in [0, 0.05) is 0 Å². The molecule has 2 N–H and O–H groups in total. The molecule has 66 valence electrons. The van der Waals surface area contributed by atoms with Crippen molar-refractivity contribution in [2.24, 2.45) is 0 Å². The molecule has 0 amide bonds. The summed E-state index contributed by atoms with van der Waals surface area (Å²) < 4.78 is 23.5. The smallest absolute Gasteiger partial charge is 0.353 e. The highest BCUT2D eigenvalue weighted by atomic mass is 19.3. The number of alkyl halides is 2. The highest BCUT2D eigenvalue weighted by Crippen LogP contribution is 2.05. The molecular weight excluding hydrogens is 170 g/mol. The van der Waals surface area contributed by atoms with Gasteiger partial charge < -0.3 is 5.11 Å². The third kappa shape index (κ3) is 2.01. The zero-order valence-corrected chi connectivity index (χ0v) is 5.92. The van der Waals surface area contributed by atoms with Gasteiger partial charge in [-0.1, -0.05) is 0 Å². The molecule has 0 radical (unpaired) electrons. The van der Waals surface area contributed by atoms with Gasteiger partial charge in [-0.15, -0.1) is 0 Å². The van der Waals surface area contributed by atoms with Crippen molar-refractivity contribution >= 4 is 5.97 Å². The van der Waals surface area contributed by atoms with E-state index in [2.05, 4.69) is 10.2 Å². The number of hydrogen-bond acceptors (Lipinski definition) is 2. The third-order valence-electron chi connectivity index (χ3n) is 1.22. The molecule has 4 nitrogen and oxygen atoms in total. The number of nitrogens with zero attached hydrogens (tertiary/aromatic N) is 1. The number of aromatic carboxylic acids is 1. The number of H-pyrrole nitrogens is 1. The summed E-state index contributed by atoms with van der Waals surface area (Å²) in [5, 5.41) is 13.9. The first kappa shape index (κ1) is 8.63. The van der Waals surface area contributed by atoms with Crippen molar-refractivity contribution < 1.29 is 18.7 Å². The minimum absolute atomic E-state index is 0.0578. The zero-order valence-electron chi connectivity index (χ0n) is 5.92. The summed E-state index contributed by atoms with van der Waals surface area (Å²) in [6.45, 7) is 0. The Kier molecular flexibility index (Phi) is 2.37. The van der Waals surface area contributed by atoms with Crippen LogP contribution < -0.4 is 0 Å². The van der Waals surface area contributed by atoms with E-state index in [1.807, 2.05) is 0 Å². The van der Waals surface area contributed by atoms with Gasteiger partial charge in [0.25, 0.3) is 0 Å². The van der Waals surface area contributed by atoms with Crippen LogP contribution in [0.25, 0.3) is 0 Å². The Morgan fingerprint density at radius 1 is 1.75 bits per heavy atom. The SMILES string of the molecule is O=C(O)c1cc(CC(F)F)n[nH]1. The van der Waals surface area contributed by atoms with Crippen LogP contribution in [0.2, 0.25) is 0 Å². The van der Waals surface area contributed by atoms with E-state index in [4.69, 9.17) is 5.11 Å². The Morgan fingerprint density at radius 3 is 2.83 bits per heavy atom. The van der Waals surface area contributed by atoms with Crippen molar-refractivity contribution in [1.29, 1.82) is 0 Å². The summed E-state index contributed by atoms with van der Waals surface area (Å²) in [7, 11) is 0. The second kappa shape index (κ2) is 3.29. The van der Waals surface area contributed by atoms with E-state index < -0.39 is 18.8 Å². The standard InChI is InChI=1S/C6H6F2N2O2/c7-5(8)2-3-1-4(6(11)12)10-9-3/h1,5H,2H2,(H,9,10)(H,11,12). The average Bonchev–Trinajstić information content (AvgIpc) is 2.34. The molecule has 0 atom stereocenters. The summed E-state index contributed by atoms with van der Waals surface area (Å²) in [6, 6.07) is 1.09. The summed E-state index contributed by atoms with van der Waals surface area (Å²) in [6.07, 6.45) is -3.03. The molecule has 0 fully saturated rings. The monoisotopic (exact) mass is 176 g/mol. The topological polar surface area (TPSA) is 66.0 Å². The number of halogens is 2. The Morgan fingerprint density at radius 2 is 2.42 bits per heavy atom. The number of carboxylic acids is 1. The van der Waals surface area contributed by atoms with Gasteiger partial charge >= 0.3 is 5.97 Å². The molecule has 0 unspecified atom stereocenters. The highest BCUT2D eigenvalue weighted by Gasteiger charge is 2.11. The first-order chi connectivity index (χ1) is 5.59. The molecule has 0 spiro atoms. The molecule has 0 aliphatic heterocycles. The summed E-state index contributed by atoms with van der Waals surface area (Å²) in [5.41, 5.74) is -0.118. The van der Waals surface area contributed by atoms with Crippen molar-refractivity contribution in [2.75, 3.05) is 0 Å². The minimum atomic E-state index is -2.50. The van der Waals surface area contributed by atoms with Crippen molar-refractivity contribution in [3.8, 4) is 0 Å². The molecule has 12 heavy (non-hydrogen) atoms. The van der Waals surface area contributed by atoms with Gasteiger partial charge in [-0.25, -0.2) is 13.6 Å². The lowest BCUT2D eigenvalue weighted by atomic mass is 10.3. The Balaban J connectivity index is 2.71. The average molecular weight is 176 g/mol. The summed E-state index contributed by atoms with van der Waals surface area (Å²) in [5.74, 6) is -1.21. The Hall–Kier alpha value is -1.46. The van der Waals surface area contributed by atoms with Crippen molar-refractivity contribution in [1.82, 2.24) is 10.2 Å². The zero-order chi connectivity index (χ0) is 9.14. The van der Waals surface area contributed by atoms with Crippen LogP contribution in [-0.2, 0) is 6.42 Å². The number of carbonyl (C=O) groups is 1. The number of hydrogen-bond donors (Lipinski definition) is 2. The second-order valence-electron chi connectivity index (χ2n) is 2.17. The van der Waals surface area contributed by atoms with Crippen LogP contribution in [0.3, 0.4) is 0 Å². The maximum Gasteiger partial charge on any atom is 0.353 e. The molecule has 0 saturated carbocycles. The molecule has 0 aliphatic carbocycles. The maximum atomic E-state index is 11.7. The predicted octanol–water partition coefficient (Wildman–Crippen LogP) is 0.915. The van der Waals surface area contributed by atoms with Crippen molar-refractivity contribution in [2.45, 2.75) is 12.8 Å². The quantitative estimate of drug-likeness (QED) is 0.719.